The predicted molar refractivity (Wildman–Crippen MR) is 119 cm³/mol. The van der Waals surface area contributed by atoms with Crippen LogP contribution < -0.4 is 5.32 Å². The fourth-order valence-electron chi connectivity index (χ4n) is 4.68. The van der Waals surface area contributed by atoms with Gasteiger partial charge in [-0.2, -0.15) is 5.26 Å². The maximum atomic E-state index is 13.2. The van der Waals surface area contributed by atoms with E-state index in [9.17, 15) is 14.9 Å². The van der Waals surface area contributed by atoms with Crippen LogP contribution in [-0.4, -0.2) is 49.1 Å². The minimum Gasteiger partial charge on any atom is -0.378 e. The standard InChI is InChI=1S/C25H35N3O3/c26-19-23(12-11-20-7-3-1-4-8-20)27-25(30)22(17-21-9-5-2-6-10-21)18-24(29)28-13-15-31-16-14-28/h1,3-4,7-8,21-23H,2,5-6,9-18H2,(H,27,30)/t22-,23+/m1/s1. The Morgan fingerprint density at radius 2 is 1.84 bits per heavy atom. The highest BCUT2D eigenvalue weighted by molar-refractivity contribution is 5.86. The second kappa shape index (κ2) is 12.5. The Morgan fingerprint density at radius 3 is 2.52 bits per heavy atom. The van der Waals surface area contributed by atoms with E-state index in [0.717, 1.165) is 31.2 Å². The van der Waals surface area contributed by atoms with E-state index in [0.29, 0.717) is 38.6 Å². The number of nitrogens with one attached hydrogen (secondary N) is 1. The lowest BCUT2D eigenvalue weighted by molar-refractivity contribution is -0.140. The molecule has 0 spiro atoms. The summed E-state index contributed by atoms with van der Waals surface area (Å²) < 4.78 is 5.35. The average molecular weight is 426 g/mol. The molecular weight excluding hydrogens is 390 g/mol. The number of rotatable bonds is 9. The molecule has 1 N–H and O–H groups in total. The normalized spacial score (nSPS) is 19.3. The third kappa shape index (κ3) is 7.66. The van der Waals surface area contributed by atoms with Crippen molar-refractivity contribution in [2.75, 3.05) is 26.3 Å². The number of nitrogens with zero attached hydrogens (tertiary/aromatic N) is 2. The molecule has 6 nitrogen and oxygen atoms in total. The topological polar surface area (TPSA) is 82.4 Å². The summed E-state index contributed by atoms with van der Waals surface area (Å²) in [4.78, 5) is 27.8. The van der Waals surface area contributed by atoms with E-state index >= 15 is 0 Å². The van der Waals surface area contributed by atoms with E-state index in [-0.39, 0.29) is 24.2 Å². The lowest BCUT2D eigenvalue weighted by Gasteiger charge is -2.30. The maximum Gasteiger partial charge on any atom is 0.224 e. The number of carbonyl (C=O) groups excluding carboxylic acids is 2. The molecule has 2 fully saturated rings. The molecule has 2 aliphatic rings. The van der Waals surface area contributed by atoms with Crippen molar-refractivity contribution in [1.82, 2.24) is 10.2 Å². The first kappa shape index (κ1) is 23.3. The van der Waals surface area contributed by atoms with Crippen LogP contribution in [0.1, 0.15) is 56.9 Å². The highest BCUT2D eigenvalue weighted by Crippen LogP contribution is 2.30. The van der Waals surface area contributed by atoms with E-state index in [1.807, 2.05) is 35.2 Å². The molecule has 1 saturated carbocycles. The average Bonchev–Trinajstić information content (AvgIpc) is 2.83. The second-order valence-electron chi connectivity index (χ2n) is 8.85. The van der Waals surface area contributed by atoms with Gasteiger partial charge in [-0.15, -0.1) is 0 Å². The fourth-order valence-corrected chi connectivity index (χ4v) is 4.68. The summed E-state index contributed by atoms with van der Waals surface area (Å²) in [5.74, 6) is 0.00158. The van der Waals surface area contributed by atoms with Gasteiger partial charge in [0.05, 0.1) is 19.3 Å². The van der Waals surface area contributed by atoms with Gasteiger partial charge in [0.25, 0.3) is 0 Å². The number of ether oxygens (including phenoxy) is 1. The highest BCUT2D eigenvalue weighted by atomic mass is 16.5. The summed E-state index contributed by atoms with van der Waals surface area (Å²) in [5.41, 5.74) is 1.15. The van der Waals surface area contributed by atoms with E-state index in [1.54, 1.807) is 0 Å². The van der Waals surface area contributed by atoms with Gasteiger partial charge in [-0.25, -0.2) is 0 Å². The Labute approximate surface area is 185 Å². The van der Waals surface area contributed by atoms with Gasteiger partial charge in [-0.1, -0.05) is 62.4 Å². The van der Waals surface area contributed by atoms with Crippen LogP contribution in [0.4, 0.5) is 0 Å². The zero-order valence-corrected chi connectivity index (χ0v) is 18.4. The van der Waals surface area contributed by atoms with E-state index in [2.05, 4.69) is 11.4 Å². The summed E-state index contributed by atoms with van der Waals surface area (Å²) >= 11 is 0. The second-order valence-corrected chi connectivity index (χ2v) is 8.85. The third-order valence-corrected chi connectivity index (χ3v) is 6.54. The Kier molecular flexibility index (Phi) is 9.36. The molecule has 1 aromatic rings. The van der Waals surface area contributed by atoms with Crippen LogP contribution in [0.25, 0.3) is 0 Å². The van der Waals surface area contributed by atoms with E-state index in [4.69, 9.17) is 4.74 Å². The van der Waals surface area contributed by atoms with E-state index in [1.165, 1.54) is 19.3 Å². The van der Waals surface area contributed by atoms with Gasteiger partial charge in [-0.05, 0) is 30.7 Å². The minimum absolute atomic E-state index is 0.0250. The minimum atomic E-state index is -0.542. The molecule has 1 aromatic carbocycles. The van der Waals surface area contributed by atoms with Crippen LogP contribution in [0.3, 0.4) is 0 Å². The lowest BCUT2D eigenvalue weighted by atomic mass is 9.81. The smallest absolute Gasteiger partial charge is 0.224 e. The highest BCUT2D eigenvalue weighted by Gasteiger charge is 2.30. The summed E-state index contributed by atoms with van der Waals surface area (Å²) in [5, 5.41) is 12.5. The molecule has 0 radical (unpaired) electrons. The molecule has 3 rings (SSSR count). The van der Waals surface area contributed by atoms with Crippen molar-refractivity contribution >= 4 is 11.8 Å². The number of nitriles is 1. The molecule has 0 unspecified atom stereocenters. The summed E-state index contributed by atoms with van der Waals surface area (Å²) in [7, 11) is 0. The maximum absolute atomic E-state index is 13.2. The Morgan fingerprint density at radius 1 is 1.13 bits per heavy atom. The van der Waals surface area contributed by atoms with Crippen molar-refractivity contribution in [2.45, 2.75) is 63.8 Å². The van der Waals surface area contributed by atoms with Crippen molar-refractivity contribution in [2.24, 2.45) is 11.8 Å². The van der Waals surface area contributed by atoms with Crippen LogP contribution in [0, 0.1) is 23.2 Å². The molecule has 1 saturated heterocycles. The van der Waals surface area contributed by atoms with Gasteiger partial charge in [-0.3, -0.25) is 9.59 Å². The van der Waals surface area contributed by atoms with Crippen molar-refractivity contribution in [3.8, 4) is 6.07 Å². The molecule has 0 aromatic heterocycles. The lowest BCUT2D eigenvalue weighted by Crippen LogP contribution is -2.44. The molecule has 0 bridgehead atoms. The molecule has 168 valence electrons. The molecule has 2 atom stereocenters. The predicted octanol–water partition coefficient (Wildman–Crippen LogP) is 3.46. The molecular formula is C25H35N3O3. The first-order chi connectivity index (χ1) is 15.2. The third-order valence-electron chi connectivity index (χ3n) is 6.54. The zero-order valence-electron chi connectivity index (χ0n) is 18.4. The van der Waals surface area contributed by atoms with Gasteiger partial charge in [0.15, 0.2) is 0 Å². The quantitative estimate of drug-likeness (QED) is 0.657. The van der Waals surface area contributed by atoms with Crippen molar-refractivity contribution in [1.29, 1.82) is 5.26 Å². The van der Waals surface area contributed by atoms with Crippen molar-refractivity contribution < 1.29 is 14.3 Å². The first-order valence-electron chi connectivity index (χ1n) is 11.7. The molecule has 1 heterocycles. The number of carbonyl (C=O) groups is 2. The van der Waals surface area contributed by atoms with Crippen LogP contribution in [0.15, 0.2) is 30.3 Å². The molecule has 6 heteroatoms. The van der Waals surface area contributed by atoms with Crippen LogP contribution in [0.2, 0.25) is 0 Å². The molecule has 1 aliphatic carbocycles. The van der Waals surface area contributed by atoms with Crippen molar-refractivity contribution in [3.05, 3.63) is 35.9 Å². The largest absolute Gasteiger partial charge is 0.378 e. The monoisotopic (exact) mass is 425 g/mol. The van der Waals surface area contributed by atoms with Gasteiger partial charge >= 0.3 is 0 Å². The van der Waals surface area contributed by atoms with Gasteiger partial charge in [0, 0.05) is 25.4 Å². The number of hydrogen-bond acceptors (Lipinski definition) is 4. The number of amides is 2. The van der Waals surface area contributed by atoms with Gasteiger partial charge in [0.1, 0.15) is 6.04 Å². The van der Waals surface area contributed by atoms with Gasteiger partial charge < -0.3 is 15.0 Å². The van der Waals surface area contributed by atoms with Crippen molar-refractivity contribution in [3.63, 3.8) is 0 Å². The number of morpholine rings is 1. The first-order valence-corrected chi connectivity index (χ1v) is 11.7. The number of aryl methyl sites for hydroxylation is 1. The SMILES string of the molecule is N#C[C@H](CCc1ccccc1)NC(=O)[C@@H](CC(=O)N1CCOCC1)CC1CCCCC1. The molecule has 31 heavy (non-hydrogen) atoms. The zero-order chi connectivity index (χ0) is 21.9. The number of benzene rings is 1. The Hall–Kier alpha value is -2.39. The Bertz CT molecular complexity index is 734. The summed E-state index contributed by atoms with van der Waals surface area (Å²) in [6.07, 6.45) is 8.19. The molecule has 1 aliphatic heterocycles. The Balaban J connectivity index is 1.59. The van der Waals surface area contributed by atoms with Crippen LogP contribution >= 0.6 is 0 Å². The summed E-state index contributed by atoms with van der Waals surface area (Å²) in [6, 6.07) is 11.7. The fraction of sp³-hybridized carbons (Fsp3) is 0.640. The summed E-state index contributed by atoms with van der Waals surface area (Å²) in [6.45, 7) is 2.30. The van der Waals surface area contributed by atoms with Crippen LogP contribution in [0.5, 0.6) is 0 Å². The van der Waals surface area contributed by atoms with Gasteiger partial charge in [0.2, 0.25) is 11.8 Å². The van der Waals surface area contributed by atoms with Crippen LogP contribution in [-0.2, 0) is 20.7 Å². The number of hydrogen-bond donors (Lipinski definition) is 1. The molecule has 2 amide bonds. The van der Waals surface area contributed by atoms with E-state index < -0.39 is 6.04 Å².